The van der Waals surface area contributed by atoms with E-state index >= 15 is 0 Å². The average molecular weight is 553 g/mol. The second kappa shape index (κ2) is 9.33. The highest BCUT2D eigenvalue weighted by Gasteiger charge is 2.46. The first-order chi connectivity index (χ1) is 16.4. The van der Waals surface area contributed by atoms with Crippen LogP contribution in [0.25, 0.3) is 5.65 Å². The molecule has 2 saturated carbocycles. The molecule has 0 radical (unpaired) electrons. The number of rotatable bonds is 8. The summed E-state index contributed by atoms with van der Waals surface area (Å²) in [6.07, 6.45) is 0.868. The molecule has 3 aliphatic rings. The SMILES string of the molecule is O=P(O)(O)CP(=O)(O)OC[C@H]1O[C@@H](c2cnc3c(N[C@H]4CC5CCC4C5)cc(Cl)nn23)[C@H](O)[C@@H]1O. The van der Waals surface area contributed by atoms with Crippen molar-refractivity contribution in [3.05, 3.63) is 23.1 Å². The molecule has 3 heterocycles. The first-order valence-corrected chi connectivity index (χ1v) is 15.2. The quantitative estimate of drug-likeness (QED) is 0.258. The molecule has 0 aromatic carbocycles. The second-order valence-corrected chi connectivity index (χ2v) is 13.9. The van der Waals surface area contributed by atoms with Crippen LogP contribution in [-0.4, -0.2) is 76.4 Å². The van der Waals surface area contributed by atoms with Crippen molar-refractivity contribution in [2.24, 2.45) is 11.8 Å². The maximum Gasteiger partial charge on any atom is 0.340 e. The van der Waals surface area contributed by atoms with E-state index in [9.17, 15) is 24.2 Å². The molecule has 5 rings (SSSR count). The fourth-order valence-electron chi connectivity index (χ4n) is 5.47. The predicted molar refractivity (Wildman–Crippen MR) is 123 cm³/mol. The molecule has 1 aliphatic heterocycles. The monoisotopic (exact) mass is 552 g/mol. The topological polar surface area (TPSA) is 196 Å². The Balaban J connectivity index is 1.34. The van der Waals surface area contributed by atoms with Crippen molar-refractivity contribution in [2.75, 3.05) is 17.8 Å². The summed E-state index contributed by atoms with van der Waals surface area (Å²) in [7, 11) is -9.46. The fraction of sp³-hybridized carbons (Fsp3) is 0.684. The summed E-state index contributed by atoms with van der Waals surface area (Å²) < 4.78 is 34.8. The van der Waals surface area contributed by atoms with E-state index in [4.69, 9.17) is 30.6 Å². The van der Waals surface area contributed by atoms with Crippen molar-refractivity contribution in [3.63, 3.8) is 0 Å². The van der Waals surface area contributed by atoms with E-state index in [1.54, 1.807) is 6.07 Å². The lowest BCUT2D eigenvalue weighted by molar-refractivity contribution is -0.0204. The molecule has 3 unspecified atom stereocenters. The smallest absolute Gasteiger partial charge is 0.340 e. The number of halogens is 1. The summed E-state index contributed by atoms with van der Waals surface area (Å²) in [4.78, 5) is 31.9. The van der Waals surface area contributed by atoms with E-state index in [2.05, 4.69) is 15.4 Å². The van der Waals surface area contributed by atoms with Crippen LogP contribution in [0.3, 0.4) is 0 Å². The summed E-state index contributed by atoms with van der Waals surface area (Å²) in [5.74, 6) is -0.0341. The molecule has 2 bridgehead atoms. The van der Waals surface area contributed by atoms with Gasteiger partial charge in [0.15, 0.2) is 16.7 Å². The molecule has 0 spiro atoms. The van der Waals surface area contributed by atoms with Crippen molar-refractivity contribution in [1.29, 1.82) is 0 Å². The lowest BCUT2D eigenvalue weighted by Gasteiger charge is -2.24. The zero-order valence-corrected chi connectivity index (χ0v) is 21.0. The third-order valence-electron chi connectivity index (χ3n) is 7.00. The number of aromatic nitrogens is 3. The Labute approximate surface area is 205 Å². The van der Waals surface area contributed by atoms with E-state index in [0.717, 1.165) is 12.3 Å². The molecule has 2 aliphatic carbocycles. The number of anilines is 1. The Morgan fingerprint density at radius 3 is 2.63 bits per heavy atom. The lowest BCUT2D eigenvalue weighted by Crippen LogP contribution is -2.33. The van der Waals surface area contributed by atoms with Crippen LogP contribution >= 0.6 is 26.8 Å². The molecular weight excluding hydrogens is 526 g/mol. The van der Waals surface area contributed by atoms with Crippen molar-refractivity contribution in [1.82, 2.24) is 14.6 Å². The van der Waals surface area contributed by atoms with Crippen LogP contribution in [0.4, 0.5) is 5.69 Å². The highest BCUT2D eigenvalue weighted by Crippen LogP contribution is 2.55. The van der Waals surface area contributed by atoms with Gasteiger partial charge in [0.2, 0.25) is 0 Å². The van der Waals surface area contributed by atoms with Gasteiger partial charge in [0.1, 0.15) is 24.4 Å². The largest absolute Gasteiger partial charge is 0.387 e. The Bertz CT molecular complexity index is 1210. The first-order valence-electron chi connectivity index (χ1n) is 11.2. The van der Waals surface area contributed by atoms with Crippen LogP contribution in [-0.2, 0) is 18.4 Å². The number of nitrogens with one attached hydrogen (secondary N) is 1. The molecule has 35 heavy (non-hydrogen) atoms. The molecule has 8 atom stereocenters. The summed E-state index contributed by atoms with van der Waals surface area (Å²) in [6, 6.07) is 2.01. The summed E-state index contributed by atoms with van der Waals surface area (Å²) >= 11 is 6.28. The minimum absolute atomic E-state index is 0.189. The zero-order valence-electron chi connectivity index (χ0n) is 18.4. The average Bonchev–Trinajstić information content (AvgIpc) is 3.51. The molecule has 16 heteroatoms. The van der Waals surface area contributed by atoms with Crippen molar-refractivity contribution < 1.29 is 43.3 Å². The minimum Gasteiger partial charge on any atom is -0.387 e. The number of hydrogen-bond acceptors (Lipinski definition) is 9. The lowest BCUT2D eigenvalue weighted by atomic mass is 9.95. The van der Waals surface area contributed by atoms with E-state index in [-0.39, 0.29) is 5.15 Å². The highest BCUT2D eigenvalue weighted by molar-refractivity contribution is 7.70. The number of imidazole rings is 1. The Morgan fingerprint density at radius 1 is 1.20 bits per heavy atom. The van der Waals surface area contributed by atoms with E-state index in [0.29, 0.717) is 29.0 Å². The zero-order chi connectivity index (χ0) is 25.1. The van der Waals surface area contributed by atoms with Gasteiger partial charge in [0.25, 0.3) is 0 Å². The number of fused-ring (bicyclic) bond motifs is 3. The van der Waals surface area contributed by atoms with Crippen molar-refractivity contribution >= 4 is 38.1 Å². The molecular formula is C19H27ClN4O9P2. The molecule has 3 fully saturated rings. The van der Waals surface area contributed by atoms with Crippen LogP contribution in [0.1, 0.15) is 37.5 Å². The maximum absolute atomic E-state index is 11.9. The van der Waals surface area contributed by atoms with Gasteiger partial charge in [-0.05, 0) is 31.1 Å². The van der Waals surface area contributed by atoms with Gasteiger partial charge in [-0.15, -0.1) is 0 Å². The van der Waals surface area contributed by atoms with Gasteiger partial charge in [-0.2, -0.15) is 5.10 Å². The van der Waals surface area contributed by atoms with Crippen LogP contribution < -0.4 is 5.32 Å². The molecule has 2 aromatic rings. The van der Waals surface area contributed by atoms with Gasteiger partial charge >= 0.3 is 15.2 Å². The molecule has 13 nitrogen and oxygen atoms in total. The molecule has 1 saturated heterocycles. The van der Waals surface area contributed by atoms with Gasteiger partial charge in [-0.1, -0.05) is 18.0 Å². The molecule has 194 valence electrons. The van der Waals surface area contributed by atoms with Crippen molar-refractivity contribution in [3.8, 4) is 0 Å². The van der Waals surface area contributed by atoms with Crippen LogP contribution in [0, 0.1) is 11.8 Å². The van der Waals surface area contributed by atoms with Crippen molar-refractivity contribution in [2.45, 2.75) is 56.1 Å². The fourth-order valence-corrected chi connectivity index (χ4v) is 8.23. The van der Waals surface area contributed by atoms with Gasteiger partial charge < -0.3 is 39.5 Å². The van der Waals surface area contributed by atoms with Crippen LogP contribution in [0.5, 0.6) is 0 Å². The summed E-state index contributed by atoms with van der Waals surface area (Å²) in [5.41, 5.74) is 1.47. The standard InChI is InChI=1S/C19H27ClN4O9P2/c20-15-5-12(22-11-4-9-1-2-10(11)3-9)19-21-6-13(24(19)23-15)18-17(26)16(25)14(33-18)7-32-35(30,31)8-34(27,28)29/h5-6,9-11,14,16-18,22,25-26H,1-4,7-8H2,(H,30,31)(H2,27,28,29)/t9?,10?,11-,14+,16+,17+,18-/m0/s1. The van der Waals surface area contributed by atoms with Gasteiger partial charge in [0, 0.05) is 12.1 Å². The van der Waals surface area contributed by atoms with Gasteiger partial charge in [0.05, 0.1) is 24.2 Å². The Hall–Kier alpha value is -1.11. The van der Waals surface area contributed by atoms with E-state index in [1.165, 1.54) is 30.0 Å². The normalized spacial score (nSPS) is 34.5. The number of hydrogen-bond donors (Lipinski definition) is 6. The second-order valence-electron chi connectivity index (χ2n) is 9.54. The Morgan fingerprint density at radius 2 is 1.97 bits per heavy atom. The van der Waals surface area contributed by atoms with Gasteiger partial charge in [-0.25, -0.2) is 9.50 Å². The minimum atomic E-state index is -4.81. The summed E-state index contributed by atoms with van der Waals surface area (Å²) in [5, 5.41) is 29.0. The maximum atomic E-state index is 11.9. The third kappa shape index (κ3) is 5.31. The van der Waals surface area contributed by atoms with E-state index < -0.39 is 52.1 Å². The molecule has 6 N–H and O–H groups in total. The highest BCUT2D eigenvalue weighted by atomic mass is 35.5. The van der Waals surface area contributed by atoms with E-state index in [1.807, 2.05) is 0 Å². The van der Waals surface area contributed by atoms with Crippen LogP contribution in [0.2, 0.25) is 5.15 Å². The predicted octanol–water partition coefficient (Wildman–Crippen LogP) is 1.48. The molecule has 2 aromatic heterocycles. The number of ether oxygens (including phenoxy) is 1. The van der Waals surface area contributed by atoms with Gasteiger partial charge in [-0.3, -0.25) is 9.13 Å². The number of nitrogens with zero attached hydrogens (tertiary/aromatic N) is 3. The number of aliphatic hydroxyl groups is 2. The third-order valence-corrected chi connectivity index (χ3v) is 10.6. The Kier molecular flexibility index (Phi) is 6.80. The first kappa shape index (κ1) is 25.5. The number of aliphatic hydroxyl groups excluding tert-OH is 2. The molecule has 0 amide bonds. The summed E-state index contributed by atoms with van der Waals surface area (Å²) in [6.45, 7) is -0.676. The van der Waals surface area contributed by atoms with Crippen LogP contribution in [0.15, 0.2) is 12.3 Å².